The summed E-state index contributed by atoms with van der Waals surface area (Å²) in [5.74, 6) is 2.24. The molecule has 0 aliphatic rings. The van der Waals surface area contributed by atoms with E-state index in [-0.39, 0.29) is 18.8 Å². The molecule has 0 saturated carbocycles. The van der Waals surface area contributed by atoms with E-state index in [1.165, 1.54) is 11.3 Å². The van der Waals surface area contributed by atoms with Crippen LogP contribution in [0.2, 0.25) is 5.02 Å². The summed E-state index contributed by atoms with van der Waals surface area (Å²) in [4.78, 5) is 18.6. The lowest BCUT2D eigenvalue weighted by Gasteiger charge is -2.11. The van der Waals surface area contributed by atoms with Crippen LogP contribution in [0.1, 0.15) is 27.0 Å². The van der Waals surface area contributed by atoms with E-state index in [1.54, 1.807) is 43.1 Å². The van der Waals surface area contributed by atoms with Crippen molar-refractivity contribution >= 4 is 44.7 Å². The molecule has 0 spiro atoms. The van der Waals surface area contributed by atoms with Gasteiger partial charge in [0.25, 0.3) is 5.19 Å². The smallest absolute Gasteiger partial charge is 0.294 e. The number of aromatic nitrogens is 3. The molecule has 11 heteroatoms. The summed E-state index contributed by atoms with van der Waals surface area (Å²) >= 11 is 7.69. The number of imidazole rings is 1. The van der Waals surface area contributed by atoms with Crippen molar-refractivity contribution in [1.82, 2.24) is 14.6 Å². The zero-order valence-corrected chi connectivity index (χ0v) is 27.0. The molecule has 7 aromatic rings. The summed E-state index contributed by atoms with van der Waals surface area (Å²) < 4.78 is 30.7. The van der Waals surface area contributed by atoms with Gasteiger partial charge in [0.2, 0.25) is 4.96 Å². The summed E-state index contributed by atoms with van der Waals surface area (Å²) in [6.45, 7) is 0.648. The fraction of sp³-hybridized carbons (Fsp3) is 0.139. The van der Waals surface area contributed by atoms with Crippen molar-refractivity contribution in [2.45, 2.75) is 19.6 Å². The first-order valence-corrected chi connectivity index (χ1v) is 15.9. The van der Waals surface area contributed by atoms with Gasteiger partial charge in [-0.25, -0.2) is 9.50 Å². The molecule has 47 heavy (non-hydrogen) atoms. The van der Waals surface area contributed by atoms with Crippen LogP contribution in [0, 0.1) is 0 Å². The van der Waals surface area contributed by atoms with Gasteiger partial charge in [-0.15, -0.1) is 5.10 Å². The van der Waals surface area contributed by atoms with E-state index >= 15 is 0 Å². The Balaban J connectivity index is 1.06. The lowest BCUT2D eigenvalue weighted by Crippen LogP contribution is -2.05. The zero-order chi connectivity index (χ0) is 32.3. The van der Waals surface area contributed by atoms with Crippen LogP contribution in [0.3, 0.4) is 0 Å². The number of carbonyl (C=O) groups excluding carboxylic acids is 1. The molecule has 0 aliphatic heterocycles. The number of benzene rings is 4. The molecule has 0 N–H and O–H groups in total. The summed E-state index contributed by atoms with van der Waals surface area (Å²) in [6.07, 6.45) is 1.99. The molecule has 7 rings (SSSR count). The van der Waals surface area contributed by atoms with E-state index in [1.807, 2.05) is 72.8 Å². The number of methoxy groups -OCH3 is 2. The molecule has 0 amide bonds. The standard InChI is InChI=1S/C36H28ClN3O6S/c1-42-27-16-32(29-18-34(46-33(29)17-27)30-19-40-35(38-30)47-36(39-40)43-2)45-21-24-10-6-9-23(11-24)12-31(41)25-13-26(37)15-28(14-25)44-20-22-7-4-3-5-8-22/h3-11,13-19H,12,20-21H2,1-2H3. The van der Waals surface area contributed by atoms with Crippen LogP contribution in [0.4, 0.5) is 0 Å². The molecule has 0 unspecified atom stereocenters. The Morgan fingerprint density at radius 1 is 0.851 bits per heavy atom. The molecular formula is C36H28ClN3O6S. The number of nitrogens with zero attached hydrogens (tertiary/aromatic N) is 3. The number of carbonyl (C=O) groups is 1. The van der Waals surface area contributed by atoms with Gasteiger partial charge in [-0.3, -0.25) is 4.79 Å². The Hall–Kier alpha value is -5.32. The van der Waals surface area contributed by atoms with Gasteiger partial charge in [-0.05, 0) is 52.3 Å². The molecule has 0 radical (unpaired) electrons. The van der Waals surface area contributed by atoms with Crippen LogP contribution in [0.25, 0.3) is 27.4 Å². The van der Waals surface area contributed by atoms with Gasteiger partial charge in [0.05, 0.1) is 25.8 Å². The Bertz CT molecular complexity index is 2180. The van der Waals surface area contributed by atoms with Crippen LogP contribution in [0.5, 0.6) is 22.4 Å². The summed E-state index contributed by atoms with van der Waals surface area (Å²) in [5.41, 5.74) is 4.52. The quantitative estimate of drug-likeness (QED) is 0.120. The number of ketones is 1. The molecule has 0 aliphatic carbocycles. The predicted molar refractivity (Wildman–Crippen MR) is 180 cm³/mol. The van der Waals surface area contributed by atoms with Gasteiger partial charge in [-0.1, -0.05) is 66.2 Å². The van der Waals surface area contributed by atoms with E-state index in [4.69, 9.17) is 35.0 Å². The highest BCUT2D eigenvalue weighted by atomic mass is 35.5. The van der Waals surface area contributed by atoms with Crippen molar-refractivity contribution in [3.05, 3.63) is 124 Å². The second-order valence-electron chi connectivity index (χ2n) is 10.7. The maximum absolute atomic E-state index is 13.3. The van der Waals surface area contributed by atoms with Crippen LogP contribution in [-0.2, 0) is 19.6 Å². The van der Waals surface area contributed by atoms with E-state index in [9.17, 15) is 4.79 Å². The number of ether oxygens (including phenoxy) is 4. The molecule has 4 aromatic carbocycles. The molecule has 0 bridgehead atoms. The Morgan fingerprint density at radius 2 is 1.66 bits per heavy atom. The topological polar surface area (TPSA) is 97.3 Å². The van der Waals surface area contributed by atoms with Crippen molar-refractivity contribution in [1.29, 1.82) is 0 Å². The van der Waals surface area contributed by atoms with Crippen molar-refractivity contribution in [3.8, 4) is 33.9 Å². The first-order valence-electron chi connectivity index (χ1n) is 14.7. The fourth-order valence-corrected chi connectivity index (χ4v) is 6.08. The number of rotatable bonds is 12. The molecule has 0 saturated heterocycles. The molecule has 3 heterocycles. The predicted octanol–water partition coefficient (Wildman–Crippen LogP) is 8.46. The van der Waals surface area contributed by atoms with Gasteiger partial charge >= 0.3 is 0 Å². The molecule has 3 aromatic heterocycles. The van der Waals surface area contributed by atoms with Gasteiger partial charge in [0, 0.05) is 29.1 Å². The normalized spacial score (nSPS) is 11.2. The minimum absolute atomic E-state index is 0.0663. The van der Waals surface area contributed by atoms with Crippen molar-refractivity contribution < 1.29 is 28.2 Å². The molecule has 0 fully saturated rings. The van der Waals surface area contributed by atoms with Crippen molar-refractivity contribution in [3.63, 3.8) is 0 Å². The molecule has 9 nitrogen and oxygen atoms in total. The number of hydrogen-bond donors (Lipinski definition) is 0. The number of halogens is 1. The number of fused-ring (bicyclic) bond motifs is 2. The van der Waals surface area contributed by atoms with Gasteiger partial charge in [0.15, 0.2) is 11.5 Å². The Kier molecular flexibility index (Phi) is 8.52. The average Bonchev–Trinajstić information content (AvgIpc) is 3.80. The van der Waals surface area contributed by atoms with E-state index < -0.39 is 0 Å². The second kappa shape index (κ2) is 13.2. The minimum atomic E-state index is -0.0663. The Labute approximate surface area is 278 Å². The SMILES string of the molecule is COc1cc(OCc2cccc(CC(=O)c3cc(Cl)cc(OCc4ccccc4)c3)c2)c2cc(-c3cn4nc(OC)sc4n3)oc2c1. The van der Waals surface area contributed by atoms with Crippen molar-refractivity contribution in [2.75, 3.05) is 14.2 Å². The third-order valence-corrected chi connectivity index (χ3v) is 8.55. The third-order valence-electron chi connectivity index (χ3n) is 7.45. The maximum atomic E-state index is 13.3. The number of hydrogen-bond acceptors (Lipinski definition) is 9. The van der Waals surface area contributed by atoms with Gasteiger partial charge in [0.1, 0.15) is 41.7 Å². The monoisotopic (exact) mass is 665 g/mol. The first kappa shape index (κ1) is 30.3. The van der Waals surface area contributed by atoms with E-state index in [0.717, 1.165) is 22.1 Å². The number of furan rings is 1. The number of Topliss-reactive ketones (excluding diaryl/α,β-unsaturated/α-hetero) is 1. The molecular weight excluding hydrogens is 638 g/mol. The largest absolute Gasteiger partial charge is 0.496 e. The van der Waals surface area contributed by atoms with Crippen LogP contribution in [-0.4, -0.2) is 34.6 Å². The van der Waals surface area contributed by atoms with Crippen molar-refractivity contribution in [2.24, 2.45) is 0 Å². The average molecular weight is 666 g/mol. The van der Waals surface area contributed by atoms with E-state index in [2.05, 4.69) is 10.1 Å². The Morgan fingerprint density at radius 3 is 2.47 bits per heavy atom. The first-order chi connectivity index (χ1) is 22.9. The minimum Gasteiger partial charge on any atom is -0.496 e. The van der Waals surface area contributed by atoms with Gasteiger partial charge in [-0.2, -0.15) is 0 Å². The highest BCUT2D eigenvalue weighted by molar-refractivity contribution is 7.18. The summed E-state index contributed by atoms with van der Waals surface area (Å²) in [5, 5.41) is 6.09. The lowest BCUT2D eigenvalue weighted by atomic mass is 10.0. The maximum Gasteiger partial charge on any atom is 0.294 e. The van der Waals surface area contributed by atoms with Crippen LogP contribution >= 0.6 is 22.9 Å². The summed E-state index contributed by atoms with van der Waals surface area (Å²) in [6, 6.07) is 28.2. The highest BCUT2D eigenvalue weighted by Crippen LogP contribution is 2.37. The van der Waals surface area contributed by atoms with E-state index in [0.29, 0.717) is 61.6 Å². The fourth-order valence-electron chi connectivity index (χ4n) is 5.16. The lowest BCUT2D eigenvalue weighted by molar-refractivity contribution is 0.0992. The molecule has 0 atom stereocenters. The molecule has 236 valence electrons. The van der Waals surface area contributed by atoms with Crippen LogP contribution < -0.4 is 18.9 Å². The second-order valence-corrected chi connectivity index (χ2v) is 12.1. The highest BCUT2D eigenvalue weighted by Gasteiger charge is 2.18. The third kappa shape index (κ3) is 6.79. The van der Waals surface area contributed by atoms with Gasteiger partial charge < -0.3 is 23.4 Å². The summed E-state index contributed by atoms with van der Waals surface area (Å²) in [7, 11) is 3.17. The van der Waals surface area contributed by atoms with Crippen LogP contribution in [0.15, 0.2) is 102 Å². The zero-order valence-electron chi connectivity index (χ0n) is 25.4.